The van der Waals surface area contributed by atoms with Gasteiger partial charge in [-0.2, -0.15) is 0 Å². The van der Waals surface area contributed by atoms with Crippen molar-refractivity contribution in [3.63, 3.8) is 0 Å². The molecular formula is C16H27BrN2. The van der Waals surface area contributed by atoms with Crippen LogP contribution in [0.25, 0.3) is 0 Å². The first-order valence-corrected chi connectivity index (χ1v) is 8.19. The number of hydrazine groups is 1. The molecule has 3 N–H and O–H groups in total. The van der Waals surface area contributed by atoms with Gasteiger partial charge in [0.1, 0.15) is 0 Å². The molecule has 3 heteroatoms. The van der Waals surface area contributed by atoms with Crippen LogP contribution in [0.4, 0.5) is 0 Å². The lowest BCUT2D eigenvalue weighted by Crippen LogP contribution is -2.38. The number of halogens is 1. The van der Waals surface area contributed by atoms with Gasteiger partial charge in [0.25, 0.3) is 0 Å². The summed E-state index contributed by atoms with van der Waals surface area (Å²) in [5, 5.41) is 0. The molecule has 0 aliphatic carbocycles. The number of unbranched alkanes of at least 4 members (excludes halogenated alkanes) is 1. The lowest BCUT2D eigenvalue weighted by Gasteiger charge is -2.22. The first-order valence-electron chi connectivity index (χ1n) is 7.40. The Kier molecular flexibility index (Phi) is 8.35. The predicted octanol–water partition coefficient (Wildman–Crippen LogP) is 4.43. The van der Waals surface area contributed by atoms with Gasteiger partial charge in [-0.1, -0.05) is 67.6 Å². The Morgan fingerprint density at radius 2 is 2.11 bits per heavy atom. The van der Waals surface area contributed by atoms with Crippen LogP contribution in [0.1, 0.15) is 51.5 Å². The number of hydrogen-bond acceptors (Lipinski definition) is 2. The van der Waals surface area contributed by atoms with Crippen LogP contribution in [0, 0.1) is 5.92 Å². The van der Waals surface area contributed by atoms with Gasteiger partial charge in [-0.25, -0.2) is 0 Å². The lowest BCUT2D eigenvalue weighted by atomic mass is 9.90. The Labute approximate surface area is 126 Å². The van der Waals surface area contributed by atoms with Crippen LogP contribution in [0.2, 0.25) is 0 Å². The molecule has 0 saturated carbocycles. The SMILES string of the molecule is CCCCC(CC)CC(Cc1cccc(Br)c1)NN. The van der Waals surface area contributed by atoms with Crippen molar-refractivity contribution >= 4 is 15.9 Å². The maximum Gasteiger partial charge on any atom is 0.0253 e. The van der Waals surface area contributed by atoms with E-state index in [4.69, 9.17) is 5.84 Å². The van der Waals surface area contributed by atoms with Crippen molar-refractivity contribution in [1.82, 2.24) is 5.43 Å². The molecule has 0 heterocycles. The quantitative estimate of drug-likeness (QED) is 0.520. The predicted molar refractivity (Wildman–Crippen MR) is 86.9 cm³/mol. The number of nitrogens with one attached hydrogen (secondary N) is 1. The molecule has 0 bridgehead atoms. The summed E-state index contributed by atoms with van der Waals surface area (Å²) in [6.07, 6.45) is 7.34. The van der Waals surface area contributed by atoms with Gasteiger partial charge in [-0.3, -0.25) is 11.3 Å². The zero-order valence-corrected chi connectivity index (χ0v) is 13.7. The van der Waals surface area contributed by atoms with Gasteiger partial charge in [0, 0.05) is 10.5 Å². The molecule has 0 aliphatic heterocycles. The Morgan fingerprint density at radius 1 is 1.32 bits per heavy atom. The summed E-state index contributed by atoms with van der Waals surface area (Å²) < 4.78 is 1.14. The van der Waals surface area contributed by atoms with Crippen molar-refractivity contribution < 1.29 is 0 Å². The molecule has 1 aromatic rings. The molecule has 1 rings (SSSR count). The van der Waals surface area contributed by atoms with E-state index < -0.39 is 0 Å². The van der Waals surface area contributed by atoms with E-state index in [-0.39, 0.29) is 0 Å². The fourth-order valence-electron chi connectivity index (χ4n) is 2.54. The van der Waals surface area contributed by atoms with Crippen LogP contribution in [-0.2, 0) is 6.42 Å². The zero-order valence-electron chi connectivity index (χ0n) is 12.2. The van der Waals surface area contributed by atoms with E-state index >= 15 is 0 Å². The Balaban J connectivity index is 2.52. The molecule has 0 aliphatic rings. The third-order valence-electron chi connectivity index (χ3n) is 3.77. The second-order valence-electron chi connectivity index (χ2n) is 5.35. The second kappa shape index (κ2) is 9.51. The fourth-order valence-corrected chi connectivity index (χ4v) is 2.99. The monoisotopic (exact) mass is 326 g/mol. The Morgan fingerprint density at radius 3 is 2.68 bits per heavy atom. The lowest BCUT2D eigenvalue weighted by molar-refractivity contribution is 0.350. The third kappa shape index (κ3) is 6.55. The topological polar surface area (TPSA) is 38.0 Å². The average molecular weight is 327 g/mol. The van der Waals surface area contributed by atoms with E-state index in [1.54, 1.807) is 0 Å². The van der Waals surface area contributed by atoms with Gasteiger partial charge < -0.3 is 0 Å². The van der Waals surface area contributed by atoms with Crippen molar-refractivity contribution in [2.24, 2.45) is 11.8 Å². The highest BCUT2D eigenvalue weighted by Crippen LogP contribution is 2.21. The zero-order chi connectivity index (χ0) is 14.1. The molecule has 0 spiro atoms. The summed E-state index contributed by atoms with van der Waals surface area (Å²) >= 11 is 3.52. The van der Waals surface area contributed by atoms with E-state index in [2.05, 4.69) is 59.5 Å². The first kappa shape index (κ1) is 16.7. The number of hydrogen-bond donors (Lipinski definition) is 2. The number of rotatable bonds is 9. The van der Waals surface area contributed by atoms with Gasteiger partial charge in [-0.05, 0) is 36.5 Å². The molecular weight excluding hydrogens is 300 g/mol. The fraction of sp³-hybridized carbons (Fsp3) is 0.625. The van der Waals surface area contributed by atoms with Crippen molar-refractivity contribution in [2.45, 2.75) is 58.4 Å². The molecule has 2 atom stereocenters. The molecule has 19 heavy (non-hydrogen) atoms. The molecule has 0 fully saturated rings. The van der Waals surface area contributed by atoms with Gasteiger partial charge in [0.15, 0.2) is 0 Å². The van der Waals surface area contributed by atoms with Crippen molar-refractivity contribution in [3.8, 4) is 0 Å². The molecule has 0 amide bonds. The molecule has 1 aromatic carbocycles. The summed E-state index contributed by atoms with van der Waals surface area (Å²) in [5.74, 6) is 6.51. The normalized spacial score (nSPS) is 14.3. The molecule has 0 saturated heterocycles. The third-order valence-corrected chi connectivity index (χ3v) is 4.26. The molecule has 0 aromatic heterocycles. The summed E-state index contributed by atoms with van der Waals surface area (Å²) in [5.41, 5.74) is 4.33. The molecule has 0 radical (unpaired) electrons. The highest BCUT2D eigenvalue weighted by Gasteiger charge is 2.14. The largest absolute Gasteiger partial charge is 0.271 e. The summed E-state index contributed by atoms with van der Waals surface area (Å²) in [6, 6.07) is 8.86. The van der Waals surface area contributed by atoms with Crippen molar-refractivity contribution in [2.75, 3.05) is 0 Å². The Hall–Kier alpha value is -0.380. The summed E-state index contributed by atoms with van der Waals surface area (Å²) in [7, 11) is 0. The van der Waals surface area contributed by atoms with Gasteiger partial charge in [0.05, 0.1) is 0 Å². The van der Waals surface area contributed by atoms with E-state index in [1.807, 2.05) is 0 Å². The minimum Gasteiger partial charge on any atom is -0.271 e. The molecule has 108 valence electrons. The maximum atomic E-state index is 5.73. The van der Waals surface area contributed by atoms with Crippen LogP contribution >= 0.6 is 15.9 Å². The molecule has 2 unspecified atom stereocenters. The summed E-state index contributed by atoms with van der Waals surface area (Å²) in [6.45, 7) is 4.54. The number of nitrogens with two attached hydrogens (primary N) is 1. The van der Waals surface area contributed by atoms with Crippen LogP contribution in [0.5, 0.6) is 0 Å². The van der Waals surface area contributed by atoms with Gasteiger partial charge in [0.2, 0.25) is 0 Å². The van der Waals surface area contributed by atoms with E-state index in [0.29, 0.717) is 6.04 Å². The van der Waals surface area contributed by atoms with Crippen LogP contribution < -0.4 is 11.3 Å². The van der Waals surface area contributed by atoms with Crippen LogP contribution in [-0.4, -0.2) is 6.04 Å². The average Bonchev–Trinajstić information content (AvgIpc) is 2.42. The van der Waals surface area contributed by atoms with Crippen LogP contribution in [0.15, 0.2) is 28.7 Å². The van der Waals surface area contributed by atoms with Gasteiger partial charge >= 0.3 is 0 Å². The minimum absolute atomic E-state index is 0.371. The first-order chi connectivity index (χ1) is 9.19. The standard InChI is InChI=1S/C16H27BrN2/c1-3-5-7-13(4-2)11-16(19-18)12-14-8-6-9-15(17)10-14/h6,8-10,13,16,19H,3-5,7,11-12,18H2,1-2H3. The maximum absolute atomic E-state index is 5.73. The highest BCUT2D eigenvalue weighted by atomic mass is 79.9. The van der Waals surface area contributed by atoms with E-state index in [9.17, 15) is 0 Å². The summed E-state index contributed by atoms with van der Waals surface area (Å²) in [4.78, 5) is 0. The van der Waals surface area contributed by atoms with Crippen molar-refractivity contribution in [3.05, 3.63) is 34.3 Å². The Bertz CT molecular complexity index is 354. The number of benzene rings is 1. The van der Waals surface area contributed by atoms with E-state index in [0.717, 1.165) is 16.8 Å². The van der Waals surface area contributed by atoms with Crippen molar-refractivity contribution in [1.29, 1.82) is 0 Å². The minimum atomic E-state index is 0.371. The highest BCUT2D eigenvalue weighted by molar-refractivity contribution is 9.10. The van der Waals surface area contributed by atoms with Crippen LogP contribution in [0.3, 0.4) is 0 Å². The molecule has 2 nitrogen and oxygen atoms in total. The van der Waals surface area contributed by atoms with Gasteiger partial charge in [-0.15, -0.1) is 0 Å². The second-order valence-corrected chi connectivity index (χ2v) is 6.27. The van der Waals surface area contributed by atoms with E-state index in [1.165, 1.54) is 37.7 Å². The smallest absolute Gasteiger partial charge is 0.0253 e.